The molecule has 0 aliphatic rings. The molecule has 0 spiro atoms. The second-order valence-corrected chi connectivity index (χ2v) is 3.46. The summed E-state index contributed by atoms with van der Waals surface area (Å²) in [5, 5.41) is 3.13. The summed E-state index contributed by atoms with van der Waals surface area (Å²) in [7, 11) is 1.96. The largest absolute Gasteiger partial charge is 0.316 e. The smallest absolute Gasteiger partial charge is 0.0273 e. The Bertz CT molecular complexity index is 406. The van der Waals surface area contributed by atoms with E-state index in [0.717, 1.165) is 6.54 Å². The van der Waals surface area contributed by atoms with Crippen LogP contribution in [-0.4, -0.2) is 12.0 Å². The predicted octanol–water partition coefficient (Wildman–Crippen LogP) is 2.47. The maximum Gasteiger partial charge on any atom is 0.0273 e. The third-order valence-corrected chi connectivity index (χ3v) is 2.35. The molecule has 76 valence electrons. The molecule has 1 aromatic carbocycles. The molecule has 0 bridgehead atoms. The normalized spacial score (nSPS) is 10.2. The van der Waals surface area contributed by atoms with E-state index in [9.17, 15) is 0 Å². The number of nitrogens with zero attached hydrogens (tertiary/aromatic N) is 1. The van der Waals surface area contributed by atoms with Crippen molar-refractivity contribution in [3.05, 3.63) is 54.4 Å². The van der Waals surface area contributed by atoms with E-state index in [1.807, 2.05) is 31.6 Å². The van der Waals surface area contributed by atoms with Crippen molar-refractivity contribution in [2.45, 2.75) is 6.54 Å². The molecule has 2 nitrogen and oxygen atoms in total. The number of rotatable bonds is 3. The van der Waals surface area contributed by atoms with E-state index in [-0.39, 0.29) is 0 Å². The Kier molecular flexibility index (Phi) is 3.10. The predicted molar refractivity (Wildman–Crippen MR) is 62.4 cm³/mol. The van der Waals surface area contributed by atoms with Crippen LogP contribution in [0.1, 0.15) is 5.56 Å². The van der Waals surface area contributed by atoms with Gasteiger partial charge in [-0.15, -0.1) is 0 Å². The van der Waals surface area contributed by atoms with Gasteiger partial charge in [0.2, 0.25) is 0 Å². The first-order valence-corrected chi connectivity index (χ1v) is 5.04. The van der Waals surface area contributed by atoms with Crippen molar-refractivity contribution in [2.75, 3.05) is 7.05 Å². The fourth-order valence-corrected chi connectivity index (χ4v) is 1.56. The molecule has 0 atom stereocenters. The van der Waals surface area contributed by atoms with Gasteiger partial charge in [0.25, 0.3) is 0 Å². The van der Waals surface area contributed by atoms with Crippen molar-refractivity contribution in [2.24, 2.45) is 0 Å². The van der Waals surface area contributed by atoms with E-state index < -0.39 is 0 Å². The molecular weight excluding hydrogens is 184 g/mol. The second-order valence-electron chi connectivity index (χ2n) is 3.46. The Morgan fingerprint density at radius 1 is 0.933 bits per heavy atom. The molecule has 2 aromatic rings. The van der Waals surface area contributed by atoms with Crippen molar-refractivity contribution in [3.8, 4) is 11.1 Å². The van der Waals surface area contributed by atoms with Gasteiger partial charge in [0.05, 0.1) is 0 Å². The van der Waals surface area contributed by atoms with Gasteiger partial charge in [-0.25, -0.2) is 0 Å². The Morgan fingerprint density at radius 2 is 1.53 bits per heavy atom. The third kappa shape index (κ3) is 2.42. The molecular formula is C13H14N2. The quantitative estimate of drug-likeness (QED) is 0.819. The highest BCUT2D eigenvalue weighted by Crippen LogP contribution is 2.18. The summed E-state index contributed by atoms with van der Waals surface area (Å²) < 4.78 is 0. The Labute approximate surface area is 90.0 Å². The molecule has 0 fully saturated rings. The lowest BCUT2D eigenvalue weighted by Gasteiger charge is -2.03. The molecule has 1 N–H and O–H groups in total. The van der Waals surface area contributed by atoms with Gasteiger partial charge in [0, 0.05) is 18.9 Å². The molecule has 15 heavy (non-hydrogen) atoms. The second kappa shape index (κ2) is 4.71. The van der Waals surface area contributed by atoms with Crippen LogP contribution in [0.5, 0.6) is 0 Å². The van der Waals surface area contributed by atoms with Crippen molar-refractivity contribution < 1.29 is 0 Å². The van der Waals surface area contributed by atoms with Crippen LogP contribution in [0.4, 0.5) is 0 Å². The molecule has 0 aliphatic carbocycles. The van der Waals surface area contributed by atoms with Crippen LogP contribution in [0.2, 0.25) is 0 Å². The average molecular weight is 198 g/mol. The summed E-state index contributed by atoms with van der Waals surface area (Å²) in [5.74, 6) is 0. The van der Waals surface area contributed by atoms with Crippen molar-refractivity contribution in [3.63, 3.8) is 0 Å². The maximum atomic E-state index is 4.01. The van der Waals surface area contributed by atoms with Crippen molar-refractivity contribution >= 4 is 0 Å². The molecule has 2 rings (SSSR count). The number of aromatic nitrogens is 1. The molecule has 1 aromatic heterocycles. The van der Waals surface area contributed by atoms with Crippen LogP contribution in [0.25, 0.3) is 11.1 Å². The molecule has 0 amide bonds. The molecule has 0 unspecified atom stereocenters. The maximum absolute atomic E-state index is 4.01. The number of hydrogen-bond donors (Lipinski definition) is 1. The van der Waals surface area contributed by atoms with Crippen LogP contribution in [0.15, 0.2) is 48.8 Å². The van der Waals surface area contributed by atoms with E-state index in [1.165, 1.54) is 16.7 Å². The minimum absolute atomic E-state index is 0.913. The summed E-state index contributed by atoms with van der Waals surface area (Å²) in [5.41, 5.74) is 3.74. The molecule has 0 aliphatic heterocycles. The lowest BCUT2D eigenvalue weighted by molar-refractivity contribution is 0.818. The highest BCUT2D eigenvalue weighted by Gasteiger charge is 1.96. The Morgan fingerprint density at radius 3 is 2.13 bits per heavy atom. The van der Waals surface area contributed by atoms with E-state index in [0.29, 0.717) is 0 Å². The topological polar surface area (TPSA) is 24.9 Å². The number of hydrogen-bond acceptors (Lipinski definition) is 2. The first kappa shape index (κ1) is 9.87. The third-order valence-electron chi connectivity index (χ3n) is 2.35. The molecule has 0 saturated heterocycles. The average Bonchev–Trinajstić information content (AvgIpc) is 2.32. The van der Waals surface area contributed by atoms with Crippen LogP contribution in [-0.2, 0) is 6.54 Å². The lowest BCUT2D eigenvalue weighted by Crippen LogP contribution is -2.04. The summed E-state index contributed by atoms with van der Waals surface area (Å²) in [6.45, 7) is 0.913. The van der Waals surface area contributed by atoms with Gasteiger partial charge in [0.1, 0.15) is 0 Å². The van der Waals surface area contributed by atoms with Crippen LogP contribution < -0.4 is 5.32 Å². The van der Waals surface area contributed by atoms with Gasteiger partial charge in [-0.05, 0) is 35.9 Å². The van der Waals surface area contributed by atoms with E-state index in [1.54, 1.807) is 0 Å². The highest BCUT2D eigenvalue weighted by atomic mass is 14.8. The number of benzene rings is 1. The monoisotopic (exact) mass is 198 g/mol. The van der Waals surface area contributed by atoms with Crippen LogP contribution in [0, 0.1) is 0 Å². The first-order chi connectivity index (χ1) is 7.40. The molecule has 0 saturated carbocycles. The minimum atomic E-state index is 0.913. The standard InChI is InChI=1S/C13H14N2/c1-14-10-11-2-4-12(5-3-11)13-6-8-15-9-7-13/h2-9,14H,10H2,1H3. The lowest BCUT2D eigenvalue weighted by atomic mass is 10.1. The van der Waals surface area contributed by atoms with Gasteiger partial charge in [-0.1, -0.05) is 24.3 Å². The van der Waals surface area contributed by atoms with E-state index in [2.05, 4.69) is 34.6 Å². The molecule has 0 radical (unpaired) electrons. The number of nitrogens with one attached hydrogen (secondary N) is 1. The first-order valence-electron chi connectivity index (χ1n) is 5.04. The highest BCUT2D eigenvalue weighted by molar-refractivity contribution is 5.62. The molecule has 1 heterocycles. The fourth-order valence-electron chi connectivity index (χ4n) is 1.56. The Hall–Kier alpha value is -1.67. The van der Waals surface area contributed by atoms with E-state index in [4.69, 9.17) is 0 Å². The van der Waals surface area contributed by atoms with Gasteiger partial charge < -0.3 is 5.32 Å². The van der Waals surface area contributed by atoms with E-state index >= 15 is 0 Å². The van der Waals surface area contributed by atoms with Gasteiger partial charge in [-0.3, -0.25) is 4.98 Å². The van der Waals surface area contributed by atoms with Gasteiger partial charge >= 0.3 is 0 Å². The zero-order valence-corrected chi connectivity index (χ0v) is 8.77. The minimum Gasteiger partial charge on any atom is -0.316 e. The summed E-state index contributed by atoms with van der Waals surface area (Å²) in [6, 6.07) is 12.6. The van der Waals surface area contributed by atoms with Crippen LogP contribution >= 0.6 is 0 Å². The number of pyridine rings is 1. The Balaban J connectivity index is 2.24. The van der Waals surface area contributed by atoms with Gasteiger partial charge in [0.15, 0.2) is 0 Å². The summed E-state index contributed by atoms with van der Waals surface area (Å²) in [6.07, 6.45) is 3.63. The van der Waals surface area contributed by atoms with Gasteiger partial charge in [-0.2, -0.15) is 0 Å². The SMILES string of the molecule is CNCc1ccc(-c2ccncc2)cc1. The zero-order chi connectivity index (χ0) is 10.5. The van der Waals surface area contributed by atoms with Crippen LogP contribution in [0.3, 0.4) is 0 Å². The summed E-state index contributed by atoms with van der Waals surface area (Å²) >= 11 is 0. The zero-order valence-electron chi connectivity index (χ0n) is 8.77. The van der Waals surface area contributed by atoms with Crippen molar-refractivity contribution in [1.82, 2.24) is 10.3 Å². The fraction of sp³-hybridized carbons (Fsp3) is 0.154. The summed E-state index contributed by atoms with van der Waals surface area (Å²) in [4.78, 5) is 4.01. The van der Waals surface area contributed by atoms with Crippen molar-refractivity contribution in [1.29, 1.82) is 0 Å². The molecule has 2 heteroatoms.